The lowest BCUT2D eigenvalue weighted by atomic mass is 9.54. The Labute approximate surface area is 495 Å². The summed E-state index contributed by atoms with van der Waals surface area (Å²) in [6.45, 7) is 18.5. The third-order valence-corrected chi connectivity index (χ3v) is 16.4. The SMILES string of the molecule is CC1=C[C@H]2OC3CCC(C)(COC3)[C@@]2(CCOC(=O)C(NC(=O)C(C)CC(C)(C)CC(=O)OC(C)c2ccc(NC(=O)[C@H](CCCNC(N)=O)NC(=O)C(NC(=O)CCCCCN)C(C)C)cc2)[C@H](C)CCOC(=O)/C=C/C=C\C(=O)O)CC1. The molecule has 4 rings (SSSR count). The third kappa shape index (κ3) is 22.4. The van der Waals surface area contributed by atoms with E-state index in [0.717, 1.165) is 50.7 Å². The highest BCUT2D eigenvalue weighted by molar-refractivity contribution is 5.98. The summed E-state index contributed by atoms with van der Waals surface area (Å²) in [6, 6.07) is 2.84. The number of aliphatic carboxylic acids is 1. The maximum Gasteiger partial charge on any atom is 0.330 e. The molecule has 0 saturated carbocycles. The highest BCUT2D eigenvalue weighted by Gasteiger charge is 2.57. The molecular weight excluding hydrogens is 1080 g/mol. The predicted molar refractivity (Wildman–Crippen MR) is 315 cm³/mol. The number of anilines is 1. The fraction of sp³-hybridized carbons (Fsp3) is 0.661. The maximum atomic E-state index is 14.2. The van der Waals surface area contributed by atoms with Crippen molar-refractivity contribution in [2.75, 3.05) is 44.8 Å². The molecule has 10 atom stereocenters. The first kappa shape index (κ1) is 69.8. The third-order valence-electron chi connectivity index (χ3n) is 16.4. The Morgan fingerprint density at radius 1 is 0.845 bits per heavy atom. The Morgan fingerprint density at radius 2 is 1.56 bits per heavy atom. The van der Waals surface area contributed by atoms with Crippen LogP contribution in [0.25, 0.3) is 0 Å². The largest absolute Gasteiger partial charge is 0.478 e. The number of allylic oxidation sites excluding steroid dienone is 3. The summed E-state index contributed by atoms with van der Waals surface area (Å²) in [5, 5.41) is 22.6. The molecule has 2 aliphatic heterocycles. The van der Waals surface area contributed by atoms with Gasteiger partial charge in [0.25, 0.3) is 0 Å². The van der Waals surface area contributed by atoms with Crippen LogP contribution in [-0.4, -0.2) is 128 Å². The second-order valence-electron chi connectivity index (χ2n) is 24.4. The van der Waals surface area contributed by atoms with Gasteiger partial charge in [-0.05, 0) is 131 Å². The molecule has 3 aliphatic rings. The average Bonchev–Trinajstić information content (AvgIpc) is 1.80. The van der Waals surface area contributed by atoms with E-state index in [4.69, 9.17) is 40.3 Å². The summed E-state index contributed by atoms with van der Waals surface area (Å²) in [6.07, 6.45) is 12.9. The van der Waals surface area contributed by atoms with Gasteiger partial charge in [0.1, 0.15) is 24.2 Å². The van der Waals surface area contributed by atoms with Crippen LogP contribution in [0, 0.1) is 34.0 Å². The number of carboxylic acids is 1. The van der Waals surface area contributed by atoms with Gasteiger partial charge in [-0.1, -0.05) is 90.8 Å². The number of benzene rings is 1. The van der Waals surface area contributed by atoms with E-state index in [1.807, 2.05) is 13.8 Å². The van der Waals surface area contributed by atoms with Crippen LogP contribution in [0.1, 0.15) is 164 Å². The number of nitrogens with two attached hydrogens (primary N) is 2. The number of urea groups is 1. The zero-order chi connectivity index (χ0) is 62.2. The normalized spacial score (nSPS) is 21.7. The average molecular weight is 1180 g/mol. The summed E-state index contributed by atoms with van der Waals surface area (Å²) < 4.78 is 30.1. The molecule has 2 bridgehead atoms. The Kier molecular flexibility index (Phi) is 28.1. The molecule has 6 unspecified atom stereocenters. The fourth-order valence-corrected chi connectivity index (χ4v) is 11.4. The second kappa shape index (κ2) is 33.7. The molecule has 2 fully saturated rings. The van der Waals surface area contributed by atoms with Crippen molar-refractivity contribution in [2.24, 2.45) is 45.5 Å². The van der Waals surface area contributed by atoms with Gasteiger partial charge in [0.15, 0.2) is 0 Å². The summed E-state index contributed by atoms with van der Waals surface area (Å²) in [4.78, 5) is 116. The molecule has 22 heteroatoms. The Bertz CT molecular complexity index is 2500. The van der Waals surface area contributed by atoms with Gasteiger partial charge in [0.2, 0.25) is 23.6 Å². The molecule has 0 aromatic heterocycles. The molecule has 0 radical (unpaired) electrons. The molecule has 84 heavy (non-hydrogen) atoms. The molecule has 1 aliphatic carbocycles. The van der Waals surface area contributed by atoms with E-state index in [1.165, 1.54) is 17.7 Å². The van der Waals surface area contributed by atoms with Gasteiger partial charge in [-0.25, -0.2) is 19.2 Å². The summed E-state index contributed by atoms with van der Waals surface area (Å²) in [7, 11) is 0. The van der Waals surface area contributed by atoms with Crippen LogP contribution in [0.5, 0.6) is 0 Å². The van der Waals surface area contributed by atoms with Gasteiger partial charge >= 0.3 is 29.9 Å². The van der Waals surface area contributed by atoms with Gasteiger partial charge in [-0.3, -0.25) is 24.0 Å². The van der Waals surface area contributed by atoms with Crippen molar-refractivity contribution >= 4 is 59.2 Å². The van der Waals surface area contributed by atoms with E-state index in [1.54, 1.807) is 58.9 Å². The lowest BCUT2D eigenvalue weighted by molar-refractivity contribution is -0.170. The van der Waals surface area contributed by atoms with Crippen LogP contribution in [0.2, 0.25) is 0 Å². The number of amides is 6. The monoisotopic (exact) mass is 1180 g/mol. The topological polar surface area (TPSA) is 332 Å². The summed E-state index contributed by atoms with van der Waals surface area (Å²) >= 11 is 0. The van der Waals surface area contributed by atoms with Gasteiger partial charge in [-0.2, -0.15) is 0 Å². The van der Waals surface area contributed by atoms with E-state index in [0.29, 0.717) is 50.3 Å². The number of nitrogens with one attached hydrogen (secondary N) is 5. The number of hydrogen-bond acceptors (Lipinski definition) is 15. The molecule has 1 aromatic rings. The van der Waals surface area contributed by atoms with E-state index in [2.05, 4.69) is 46.5 Å². The molecular formula is C62H95N7O15. The summed E-state index contributed by atoms with van der Waals surface area (Å²) in [5.74, 6) is -6.39. The minimum absolute atomic E-state index is 0.0250. The molecule has 10 N–H and O–H groups in total. The molecule has 0 spiro atoms. The lowest BCUT2D eigenvalue weighted by Crippen LogP contribution is -2.54. The number of primary amides is 1. The second-order valence-corrected chi connectivity index (χ2v) is 24.4. The standard InChI is InChI=1S/C62H95N7O15/c1-39(2)53(68-49(70)17-11-10-14-30-63)57(77)67-47(16-15-31-65-59(64)79)56(76)66-45-22-20-44(21-23-45)43(6)83-52(74)36-60(7,8)35-42(5)55(75)69-54(41(4)26-32-81-51(73)19-13-12-18-50(71)72)58(78)82-33-29-62-28-24-40(3)34-48(62)84-46-25-27-61(62,9)38-80-37-46/h12-13,18-23,34,39,41-43,46-48,53-54H,10-11,14-17,24-33,35-38,63H2,1-9H3,(H,66,76)(H,67,77)(H,68,70)(H,69,75)(H,71,72)(H3,64,65,79)/b18-12-,19-13+/t41-,42?,43?,46?,47+,48-,53?,54?,61?,62-/m1/s1. The molecule has 2 saturated heterocycles. The first-order valence-electron chi connectivity index (χ1n) is 29.7. The van der Waals surface area contributed by atoms with Crippen LogP contribution < -0.4 is 38.1 Å². The van der Waals surface area contributed by atoms with Crippen molar-refractivity contribution in [3.8, 4) is 0 Å². The van der Waals surface area contributed by atoms with Gasteiger partial charge in [-0.15, -0.1) is 0 Å². The van der Waals surface area contributed by atoms with E-state index in [-0.39, 0.29) is 86.7 Å². The minimum atomic E-state index is -1.17. The quantitative estimate of drug-likeness (QED) is 0.00882. The number of hydrogen-bond donors (Lipinski definition) is 8. The Morgan fingerprint density at radius 3 is 2.24 bits per heavy atom. The highest BCUT2D eigenvalue weighted by Crippen LogP contribution is 2.58. The predicted octanol–water partition coefficient (Wildman–Crippen LogP) is 6.76. The number of esters is 3. The molecule has 468 valence electrons. The van der Waals surface area contributed by atoms with Crippen molar-refractivity contribution in [1.29, 1.82) is 0 Å². The number of carbonyl (C=O) groups is 9. The highest BCUT2D eigenvalue weighted by atomic mass is 16.6. The van der Waals surface area contributed by atoms with Gasteiger partial charge in [0.05, 0.1) is 45.1 Å². The zero-order valence-electron chi connectivity index (χ0n) is 50.9. The van der Waals surface area contributed by atoms with Crippen molar-refractivity contribution in [3.63, 3.8) is 0 Å². The number of carboxylic acid groups (broad SMARTS) is 1. The number of rotatable bonds is 34. The van der Waals surface area contributed by atoms with E-state index < -0.39 is 89.1 Å². The number of unbranched alkanes of at least 4 members (excludes halogenated alkanes) is 2. The molecule has 6 amide bonds. The van der Waals surface area contributed by atoms with Crippen LogP contribution in [0.15, 0.2) is 60.2 Å². The van der Waals surface area contributed by atoms with Gasteiger partial charge in [0, 0.05) is 42.1 Å². The maximum absolute atomic E-state index is 14.2. The smallest absolute Gasteiger partial charge is 0.330 e. The Hall–Kier alpha value is -6.65. The molecule has 2 heterocycles. The van der Waals surface area contributed by atoms with E-state index >= 15 is 0 Å². The fourth-order valence-electron chi connectivity index (χ4n) is 11.4. The Balaban J connectivity index is 1.38. The number of fused-ring (bicyclic) bond motifs is 5. The lowest BCUT2D eigenvalue weighted by Gasteiger charge is -2.53. The molecule has 1 aromatic carbocycles. The number of carbonyl (C=O) groups excluding carboxylic acids is 8. The van der Waals surface area contributed by atoms with Crippen LogP contribution in [-0.2, 0) is 62.0 Å². The first-order valence-corrected chi connectivity index (χ1v) is 29.7. The molecule has 22 nitrogen and oxygen atoms in total. The minimum Gasteiger partial charge on any atom is -0.478 e. The first-order chi connectivity index (χ1) is 39.7. The van der Waals surface area contributed by atoms with Crippen molar-refractivity contribution in [3.05, 3.63) is 65.8 Å². The van der Waals surface area contributed by atoms with Crippen molar-refractivity contribution < 1.29 is 71.9 Å². The van der Waals surface area contributed by atoms with Gasteiger partial charge < -0.3 is 66.8 Å². The van der Waals surface area contributed by atoms with Crippen LogP contribution in [0.4, 0.5) is 10.5 Å². The summed E-state index contributed by atoms with van der Waals surface area (Å²) in [5.41, 5.74) is 11.7. The number of ether oxygens (including phenoxy) is 5. The van der Waals surface area contributed by atoms with E-state index in [9.17, 15) is 43.2 Å². The zero-order valence-corrected chi connectivity index (χ0v) is 50.9. The van der Waals surface area contributed by atoms with Crippen LogP contribution >= 0.6 is 0 Å². The van der Waals surface area contributed by atoms with Crippen LogP contribution in [0.3, 0.4) is 0 Å². The van der Waals surface area contributed by atoms with Crippen molar-refractivity contribution in [2.45, 2.75) is 189 Å². The van der Waals surface area contributed by atoms with Crippen molar-refractivity contribution in [1.82, 2.24) is 21.3 Å².